The van der Waals surface area contributed by atoms with Gasteiger partial charge in [-0.05, 0) is 60.4 Å². The molecule has 4 nitrogen and oxygen atoms in total. The van der Waals surface area contributed by atoms with Crippen molar-refractivity contribution in [2.45, 2.75) is 28.7 Å². The maximum Gasteiger partial charge on any atom is 0.339 e. The third-order valence-corrected chi connectivity index (χ3v) is 4.89. The van der Waals surface area contributed by atoms with Crippen LogP contribution in [0.15, 0.2) is 64.4 Å². The molecule has 0 spiro atoms. The highest BCUT2D eigenvalue weighted by atomic mass is 32.2. The summed E-state index contributed by atoms with van der Waals surface area (Å²) >= 11 is 1.55. The molecule has 1 unspecified atom stereocenters. The zero-order valence-corrected chi connectivity index (χ0v) is 13.7. The van der Waals surface area contributed by atoms with E-state index in [0.29, 0.717) is 11.5 Å². The van der Waals surface area contributed by atoms with Gasteiger partial charge in [-0.3, -0.25) is 5.21 Å². The van der Waals surface area contributed by atoms with Gasteiger partial charge in [-0.1, -0.05) is 30.0 Å². The largest absolute Gasteiger partial charge is 0.350 e. The van der Waals surface area contributed by atoms with Gasteiger partial charge < -0.3 is 5.73 Å². The van der Waals surface area contributed by atoms with Gasteiger partial charge in [0, 0.05) is 9.79 Å². The van der Waals surface area contributed by atoms with E-state index >= 15 is 0 Å². The number of nitrogens with zero attached hydrogens (tertiary/aromatic N) is 1. The second kappa shape index (κ2) is 7.07. The van der Waals surface area contributed by atoms with Crippen LogP contribution in [0, 0.1) is 5.82 Å². The van der Waals surface area contributed by atoms with E-state index in [1.165, 1.54) is 12.1 Å². The van der Waals surface area contributed by atoms with E-state index in [0.717, 1.165) is 27.3 Å². The monoisotopic (exact) mass is 344 g/mol. The van der Waals surface area contributed by atoms with E-state index in [2.05, 4.69) is 0 Å². The predicted molar refractivity (Wildman–Crippen MR) is 91.2 cm³/mol. The Kier molecular flexibility index (Phi) is 4.87. The topological polar surface area (TPSA) is 66.6 Å². The molecule has 2 aromatic carbocycles. The molecule has 124 valence electrons. The highest BCUT2D eigenvalue weighted by molar-refractivity contribution is 7.99. The minimum atomic E-state index is -0.849. The first-order valence-electron chi connectivity index (χ1n) is 7.55. The first-order valence-corrected chi connectivity index (χ1v) is 8.36. The van der Waals surface area contributed by atoms with Crippen LogP contribution in [-0.2, 0) is 0 Å². The fraction of sp³-hybridized carbons (Fsp3) is 0.167. The summed E-state index contributed by atoms with van der Waals surface area (Å²) in [5, 5.41) is 10.2. The van der Waals surface area contributed by atoms with Crippen LogP contribution in [0.25, 0.3) is 5.57 Å². The standard InChI is InChI=1S/C18H17FN2O2S/c19-14-5-8-16(9-6-14)24-17-3-1-2-12(11-17)13-4-7-15(10-13)21(23)18(20)22/h1-3,5-6,8-11,15,23H,4,7H2,(H2,20,22). The number of rotatable bonds is 4. The number of hydrogen-bond acceptors (Lipinski definition) is 3. The quantitative estimate of drug-likeness (QED) is 0.642. The third-order valence-electron chi connectivity index (χ3n) is 3.90. The Morgan fingerprint density at radius 1 is 1.21 bits per heavy atom. The first-order chi connectivity index (χ1) is 11.5. The molecule has 0 aromatic heterocycles. The minimum absolute atomic E-state index is 0.252. The van der Waals surface area contributed by atoms with Crippen LogP contribution in [0.3, 0.4) is 0 Å². The van der Waals surface area contributed by atoms with Crippen molar-refractivity contribution in [2.24, 2.45) is 5.73 Å². The molecule has 6 heteroatoms. The first kappa shape index (κ1) is 16.5. The Hall–Kier alpha value is -2.31. The molecule has 2 amide bonds. The SMILES string of the molecule is NC(=O)N(O)C1C=C(c2cccc(Sc3ccc(F)cc3)c2)CC1. The van der Waals surface area contributed by atoms with Crippen LogP contribution in [-0.4, -0.2) is 22.3 Å². The molecule has 0 radical (unpaired) electrons. The number of benzene rings is 2. The van der Waals surface area contributed by atoms with Gasteiger partial charge in [-0.2, -0.15) is 5.06 Å². The third kappa shape index (κ3) is 3.77. The normalized spacial score (nSPS) is 16.8. The molecule has 1 atom stereocenters. The van der Waals surface area contributed by atoms with Crippen molar-refractivity contribution in [3.63, 3.8) is 0 Å². The molecule has 3 N–H and O–H groups in total. The summed E-state index contributed by atoms with van der Waals surface area (Å²) in [6.07, 6.45) is 3.27. The summed E-state index contributed by atoms with van der Waals surface area (Å²) in [6.45, 7) is 0. The smallest absolute Gasteiger partial charge is 0.339 e. The predicted octanol–water partition coefficient (Wildman–Crippen LogP) is 4.29. The minimum Gasteiger partial charge on any atom is -0.350 e. The molecule has 1 aliphatic rings. The Balaban J connectivity index is 1.77. The fourth-order valence-electron chi connectivity index (χ4n) is 2.70. The van der Waals surface area contributed by atoms with Gasteiger partial charge >= 0.3 is 6.03 Å². The molecule has 3 rings (SSSR count). The Bertz CT molecular complexity index is 777. The van der Waals surface area contributed by atoms with Gasteiger partial charge in [0.2, 0.25) is 0 Å². The lowest BCUT2D eigenvalue weighted by Crippen LogP contribution is -2.39. The average molecular weight is 344 g/mol. The van der Waals surface area contributed by atoms with Crippen LogP contribution in [0.2, 0.25) is 0 Å². The van der Waals surface area contributed by atoms with Crippen molar-refractivity contribution < 1.29 is 14.4 Å². The van der Waals surface area contributed by atoms with Crippen LogP contribution in [0.4, 0.5) is 9.18 Å². The van der Waals surface area contributed by atoms with Crippen LogP contribution in [0.5, 0.6) is 0 Å². The van der Waals surface area contributed by atoms with Crippen LogP contribution < -0.4 is 5.73 Å². The Labute approximate surface area is 143 Å². The molecular weight excluding hydrogens is 327 g/mol. The molecule has 0 fully saturated rings. The molecule has 1 aliphatic carbocycles. The van der Waals surface area contributed by atoms with Crippen molar-refractivity contribution in [3.8, 4) is 0 Å². The highest BCUT2D eigenvalue weighted by Crippen LogP contribution is 2.34. The lowest BCUT2D eigenvalue weighted by atomic mass is 10.1. The van der Waals surface area contributed by atoms with E-state index in [1.54, 1.807) is 23.9 Å². The lowest BCUT2D eigenvalue weighted by Gasteiger charge is -2.17. The van der Waals surface area contributed by atoms with Crippen LogP contribution in [0.1, 0.15) is 18.4 Å². The number of hydroxylamine groups is 2. The molecule has 0 saturated carbocycles. The fourth-order valence-corrected chi connectivity index (χ4v) is 3.57. The van der Waals surface area contributed by atoms with E-state index in [9.17, 15) is 14.4 Å². The van der Waals surface area contributed by atoms with Gasteiger partial charge in [-0.15, -0.1) is 0 Å². The van der Waals surface area contributed by atoms with E-state index < -0.39 is 6.03 Å². The summed E-state index contributed by atoms with van der Waals surface area (Å²) in [5.41, 5.74) is 7.21. The average Bonchev–Trinajstić information content (AvgIpc) is 3.06. The van der Waals surface area contributed by atoms with Gasteiger partial charge in [0.25, 0.3) is 0 Å². The van der Waals surface area contributed by atoms with E-state index in [-0.39, 0.29) is 11.9 Å². The molecule has 0 saturated heterocycles. The number of hydrogen-bond donors (Lipinski definition) is 2. The van der Waals surface area contributed by atoms with Crippen molar-refractivity contribution in [1.82, 2.24) is 5.06 Å². The number of carbonyl (C=O) groups is 1. The van der Waals surface area contributed by atoms with Crippen LogP contribution >= 0.6 is 11.8 Å². The summed E-state index contributed by atoms with van der Waals surface area (Å²) < 4.78 is 13.0. The van der Waals surface area contributed by atoms with Gasteiger partial charge in [0.1, 0.15) is 5.82 Å². The number of allylic oxidation sites excluding steroid dienone is 1. The Morgan fingerprint density at radius 2 is 1.96 bits per heavy atom. The zero-order valence-electron chi connectivity index (χ0n) is 12.9. The summed E-state index contributed by atoms with van der Waals surface area (Å²) in [6, 6.07) is 13.1. The molecule has 2 aromatic rings. The van der Waals surface area contributed by atoms with E-state index in [4.69, 9.17) is 5.73 Å². The number of carbonyl (C=O) groups excluding carboxylic acids is 1. The Morgan fingerprint density at radius 3 is 2.67 bits per heavy atom. The van der Waals surface area contributed by atoms with Gasteiger partial charge in [0.05, 0.1) is 6.04 Å². The number of urea groups is 1. The molecular formula is C18H17FN2O2S. The molecule has 0 heterocycles. The maximum atomic E-state index is 13.0. The highest BCUT2D eigenvalue weighted by Gasteiger charge is 2.24. The van der Waals surface area contributed by atoms with Crippen molar-refractivity contribution >= 4 is 23.4 Å². The van der Waals surface area contributed by atoms with Crippen molar-refractivity contribution in [2.75, 3.05) is 0 Å². The number of amides is 2. The number of primary amides is 1. The molecule has 24 heavy (non-hydrogen) atoms. The van der Waals surface area contributed by atoms with Crippen molar-refractivity contribution in [1.29, 1.82) is 0 Å². The maximum absolute atomic E-state index is 13.0. The number of nitrogens with two attached hydrogens (primary N) is 1. The van der Waals surface area contributed by atoms with Gasteiger partial charge in [0.15, 0.2) is 0 Å². The zero-order chi connectivity index (χ0) is 17.1. The van der Waals surface area contributed by atoms with Crippen molar-refractivity contribution in [3.05, 3.63) is 66.0 Å². The molecule has 0 bridgehead atoms. The van der Waals surface area contributed by atoms with E-state index in [1.807, 2.05) is 30.3 Å². The summed E-state index contributed by atoms with van der Waals surface area (Å²) in [4.78, 5) is 13.1. The summed E-state index contributed by atoms with van der Waals surface area (Å²) in [7, 11) is 0. The summed E-state index contributed by atoms with van der Waals surface area (Å²) in [5.74, 6) is -0.252. The second-order valence-electron chi connectivity index (χ2n) is 5.56. The molecule has 0 aliphatic heterocycles. The number of halogens is 1. The lowest BCUT2D eigenvalue weighted by molar-refractivity contribution is -0.0608. The van der Waals surface area contributed by atoms with Gasteiger partial charge in [-0.25, -0.2) is 9.18 Å². The second-order valence-corrected chi connectivity index (χ2v) is 6.71.